The van der Waals surface area contributed by atoms with Gasteiger partial charge in [0.25, 0.3) is 5.91 Å². The highest BCUT2D eigenvalue weighted by atomic mass is 16.5. The Kier molecular flexibility index (Phi) is 6.85. The molecule has 1 amide bonds. The Morgan fingerprint density at radius 2 is 1.62 bits per heavy atom. The zero-order chi connectivity index (χ0) is 20.6. The number of carbonyl (C=O) groups excluding carboxylic acids is 1. The second-order valence-corrected chi connectivity index (χ2v) is 6.99. The molecule has 0 heterocycles. The highest BCUT2D eigenvalue weighted by Gasteiger charge is 2.16. The Hall–Kier alpha value is -3.33. The summed E-state index contributed by atoms with van der Waals surface area (Å²) < 4.78 is 5.22. The molecule has 3 aromatic rings. The van der Waals surface area contributed by atoms with Gasteiger partial charge >= 0.3 is 0 Å². The largest absolute Gasteiger partial charge is 0.497 e. The summed E-state index contributed by atoms with van der Waals surface area (Å²) in [5.41, 5.74) is 4.84. The Bertz CT molecular complexity index is 958. The van der Waals surface area contributed by atoms with Crippen LogP contribution in [0, 0.1) is 0 Å². The number of aryl methyl sites for hydroxylation is 1. The maximum atomic E-state index is 13.2. The molecule has 3 heteroatoms. The first kappa shape index (κ1) is 20.4. The molecule has 0 unspecified atom stereocenters. The third kappa shape index (κ3) is 5.35. The van der Waals surface area contributed by atoms with Gasteiger partial charge in [0.1, 0.15) is 5.75 Å². The number of amides is 1. The van der Waals surface area contributed by atoms with Crippen molar-refractivity contribution in [3.05, 3.63) is 101 Å². The van der Waals surface area contributed by atoms with Crippen molar-refractivity contribution in [3.8, 4) is 5.75 Å². The SMILES string of the molecule is CCc1ccc([C@H](C)NC(=O)/C(=C/c2ccc(OC)cc2)c2ccccc2)cc1. The molecule has 3 nitrogen and oxygen atoms in total. The second kappa shape index (κ2) is 9.74. The molecule has 0 aliphatic rings. The number of rotatable bonds is 7. The maximum absolute atomic E-state index is 13.2. The summed E-state index contributed by atoms with van der Waals surface area (Å²) in [6.45, 7) is 4.14. The van der Waals surface area contributed by atoms with E-state index in [0.717, 1.165) is 28.9 Å². The molecule has 3 rings (SSSR count). The third-order valence-corrected chi connectivity index (χ3v) is 4.99. The highest BCUT2D eigenvalue weighted by molar-refractivity contribution is 6.24. The quantitative estimate of drug-likeness (QED) is 0.420. The van der Waals surface area contributed by atoms with Gasteiger partial charge in [0.05, 0.1) is 13.2 Å². The molecule has 0 bridgehead atoms. The molecular weight excluding hydrogens is 358 g/mol. The minimum Gasteiger partial charge on any atom is -0.497 e. The smallest absolute Gasteiger partial charge is 0.252 e. The zero-order valence-electron chi connectivity index (χ0n) is 17.2. The topological polar surface area (TPSA) is 38.3 Å². The Morgan fingerprint density at radius 1 is 0.966 bits per heavy atom. The van der Waals surface area contributed by atoms with E-state index in [2.05, 4.69) is 36.5 Å². The molecule has 0 radical (unpaired) electrons. The molecule has 0 aliphatic carbocycles. The van der Waals surface area contributed by atoms with Crippen LogP contribution < -0.4 is 10.1 Å². The van der Waals surface area contributed by atoms with Gasteiger partial charge in [-0.3, -0.25) is 4.79 Å². The average Bonchev–Trinajstić information content (AvgIpc) is 2.78. The molecule has 3 aromatic carbocycles. The van der Waals surface area contributed by atoms with Gasteiger partial charge in [0, 0.05) is 5.57 Å². The van der Waals surface area contributed by atoms with E-state index in [1.165, 1.54) is 5.56 Å². The van der Waals surface area contributed by atoms with Gasteiger partial charge in [-0.05, 0) is 53.8 Å². The fourth-order valence-corrected chi connectivity index (χ4v) is 3.16. The molecular formula is C26H27NO2. The van der Waals surface area contributed by atoms with Crippen LogP contribution in [0.2, 0.25) is 0 Å². The number of methoxy groups -OCH3 is 1. The summed E-state index contributed by atoms with van der Waals surface area (Å²) in [6, 6.07) is 25.7. The first-order valence-electron chi connectivity index (χ1n) is 9.91. The lowest BCUT2D eigenvalue weighted by Gasteiger charge is -2.17. The van der Waals surface area contributed by atoms with Gasteiger partial charge in [0.15, 0.2) is 0 Å². The van der Waals surface area contributed by atoms with Crippen LogP contribution in [0.5, 0.6) is 5.75 Å². The van der Waals surface area contributed by atoms with E-state index in [4.69, 9.17) is 4.74 Å². The van der Waals surface area contributed by atoms with Crippen LogP contribution >= 0.6 is 0 Å². The van der Waals surface area contributed by atoms with Gasteiger partial charge in [0.2, 0.25) is 0 Å². The van der Waals surface area contributed by atoms with Crippen molar-refractivity contribution in [2.24, 2.45) is 0 Å². The number of nitrogens with one attached hydrogen (secondary N) is 1. The lowest BCUT2D eigenvalue weighted by atomic mass is 10.0. The summed E-state index contributed by atoms with van der Waals surface area (Å²) in [5, 5.41) is 3.14. The molecule has 0 aliphatic heterocycles. The number of ether oxygens (including phenoxy) is 1. The van der Waals surface area contributed by atoms with E-state index in [-0.39, 0.29) is 11.9 Å². The van der Waals surface area contributed by atoms with Crippen LogP contribution in [0.4, 0.5) is 0 Å². The summed E-state index contributed by atoms with van der Waals surface area (Å²) >= 11 is 0. The molecule has 0 aromatic heterocycles. The number of carbonyl (C=O) groups is 1. The first-order valence-corrected chi connectivity index (χ1v) is 9.91. The fraction of sp³-hybridized carbons (Fsp3) is 0.192. The zero-order valence-corrected chi connectivity index (χ0v) is 17.2. The van der Waals surface area contributed by atoms with Crippen molar-refractivity contribution >= 4 is 17.6 Å². The standard InChI is InChI=1S/C26H27NO2/c1-4-20-10-14-22(15-11-20)19(2)27-26(28)25(23-8-6-5-7-9-23)18-21-12-16-24(29-3)17-13-21/h5-19H,4H2,1-3H3,(H,27,28)/b25-18+/t19-/m0/s1. The molecule has 1 atom stereocenters. The highest BCUT2D eigenvalue weighted by Crippen LogP contribution is 2.22. The van der Waals surface area contributed by atoms with Gasteiger partial charge in [-0.2, -0.15) is 0 Å². The summed E-state index contributed by atoms with van der Waals surface area (Å²) in [6.07, 6.45) is 2.92. The van der Waals surface area contributed by atoms with Crippen molar-refractivity contribution in [2.75, 3.05) is 7.11 Å². The van der Waals surface area contributed by atoms with Crippen LogP contribution in [0.1, 0.15) is 42.1 Å². The maximum Gasteiger partial charge on any atom is 0.252 e. The molecule has 0 saturated carbocycles. The molecule has 0 spiro atoms. The molecule has 0 saturated heterocycles. The summed E-state index contributed by atoms with van der Waals surface area (Å²) in [7, 11) is 1.64. The summed E-state index contributed by atoms with van der Waals surface area (Å²) in [5.74, 6) is 0.691. The Balaban J connectivity index is 1.86. The monoisotopic (exact) mass is 385 g/mol. The van der Waals surface area contributed by atoms with Crippen molar-refractivity contribution in [1.82, 2.24) is 5.32 Å². The van der Waals surface area contributed by atoms with Crippen LogP contribution in [-0.4, -0.2) is 13.0 Å². The lowest BCUT2D eigenvalue weighted by Crippen LogP contribution is -2.27. The Labute approximate surface area is 173 Å². The van der Waals surface area contributed by atoms with Crippen LogP contribution in [0.3, 0.4) is 0 Å². The van der Waals surface area contributed by atoms with E-state index >= 15 is 0 Å². The van der Waals surface area contributed by atoms with Crippen molar-refractivity contribution in [3.63, 3.8) is 0 Å². The van der Waals surface area contributed by atoms with Gasteiger partial charge in [-0.25, -0.2) is 0 Å². The number of benzene rings is 3. The molecule has 1 N–H and O–H groups in total. The van der Waals surface area contributed by atoms with Gasteiger partial charge in [-0.1, -0.05) is 73.7 Å². The minimum atomic E-state index is -0.0981. The molecule has 0 fully saturated rings. The normalized spacial score (nSPS) is 12.3. The third-order valence-electron chi connectivity index (χ3n) is 4.99. The van der Waals surface area contributed by atoms with Crippen molar-refractivity contribution < 1.29 is 9.53 Å². The number of hydrogen-bond donors (Lipinski definition) is 1. The minimum absolute atomic E-state index is 0.0867. The Morgan fingerprint density at radius 3 is 2.21 bits per heavy atom. The molecule has 29 heavy (non-hydrogen) atoms. The van der Waals surface area contributed by atoms with Crippen LogP contribution in [0.15, 0.2) is 78.9 Å². The lowest BCUT2D eigenvalue weighted by molar-refractivity contribution is -0.116. The summed E-state index contributed by atoms with van der Waals surface area (Å²) in [4.78, 5) is 13.2. The average molecular weight is 386 g/mol. The predicted octanol–water partition coefficient (Wildman–Crippen LogP) is 5.68. The van der Waals surface area contributed by atoms with Gasteiger partial charge < -0.3 is 10.1 Å². The van der Waals surface area contributed by atoms with Gasteiger partial charge in [-0.15, -0.1) is 0 Å². The van der Waals surface area contributed by atoms with E-state index < -0.39 is 0 Å². The fourth-order valence-electron chi connectivity index (χ4n) is 3.16. The van der Waals surface area contributed by atoms with Crippen LogP contribution in [0.25, 0.3) is 11.6 Å². The van der Waals surface area contributed by atoms with E-state index in [1.54, 1.807) is 7.11 Å². The van der Waals surface area contributed by atoms with E-state index in [9.17, 15) is 4.79 Å². The van der Waals surface area contributed by atoms with E-state index in [1.807, 2.05) is 67.6 Å². The van der Waals surface area contributed by atoms with Crippen LogP contribution in [-0.2, 0) is 11.2 Å². The second-order valence-electron chi connectivity index (χ2n) is 6.99. The first-order chi connectivity index (χ1) is 14.1. The van der Waals surface area contributed by atoms with E-state index in [0.29, 0.717) is 5.57 Å². The van der Waals surface area contributed by atoms with Crippen molar-refractivity contribution in [2.45, 2.75) is 26.3 Å². The predicted molar refractivity (Wildman–Crippen MR) is 120 cm³/mol. The van der Waals surface area contributed by atoms with Crippen molar-refractivity contribution in [1.29, 1.82) is 0 Å². The molecule has 148 valence electrons. The number of hydrogen-bond acceptors (Lipinski definition) is 2.